The number of methoxy groups -OCH3 is 2. The van der Waals surface area contributed by atoms with Crippen molar-refractivity contribution < 1.29 is 28.2 Å². The molecule has 0 aliphatic carbocycles. The third kappa shape index (κ3) is 4.92. The van der Waals surface area contributed by atoms with Crippen molar-refractivity contribution in [1.82, 2.24) is 5.32 Å². The average molecular weight is 388 g/mol. The molecule has 0 aliphatic heterocycles. The van der Waals surface area contributed by atoms with Gasteiger partial charge in [0.25, 0.3) is 0 Å². The zero-order valence-electron chi connectivity index (χ0n) is 15.7. The first-order valence-electron chi connectivity index (χ1n) is 8.38. The molecule has 148 valence electrons. The van der Waals surface area contributed by atoms with Crippen LogP contribution in [0.25, 0.3) is 0 Å². The van der Waals surface area contributed by atoms with Gasteiger partial charge in [0, 0.05) is 18.4 Å². The predicted molar refractivity (Wildman–Crippen MR) is 100 cm³/mol. The highest BCUT2D eigenvalue weighted by atomic mass is 19.1. The molecule has 2 N–H and O–H groups in total. The summed E-state index contributed by atoms with van der Waals surface area (Å²) in [7, 11) is 2.65. The molecule has 0 aliphatic rings. The van der Waals surface area contributed by atoms with E-state index in [0.717, 1.165) is 0 Å². The number of anilines is 1. The van der Waals surface area contributed by atoms with E-state index in [9.17, 15) is 18.8 Å². The summed E-state index contributed by atoms with van der Waals surface area (Å²) in [5.74, 6) is -2.80. The Morgan fingerprint density at radius 1 is 1.00 bits per heavy atom. The Labute approximate surface area is 161 Å². The summed E-state index contributed by atoms with van der Waals surface area (Å²) in [5.41, 5.74) is -0.248. The van der Waals surface area contributed by atoms with Crippen LogP contribution in [0, 0.1) is 5.82 Å². The van der Waals surface area contributed by atoms with Crippen LogP contribution in [0.1, 0.15) is 22.8 Å². The van der Waals surface area contributed by atoms with Crippen LogP contribution in [0.4, 0.5) is 10.1 Å². The summed E-state index contributed by atoms with van der Waals surface area (Å²) >= 11 is 0. The van der Waals surface area contributed by atoms with E-state index < -0.39 is 29.2 Å². The molecule has 0 fully saturated rings. The van der Waals surface area contributed by atoms with E-state index in [2.05, 4.69) is 15.4 Å². The second kappa shape index (κ2) is 9.09. The molecule has 2 aromatic rings. The zero-order chi connectivity index (χ0) is 20.7. The van der Waals surface area contributed by atoms with Crippen molar-refractivity contribution in [3.05, 3.63) is 65.5 Å². The van der Waals surface area contributed by atoms with E-state index in [4.69, 9.17) is 4.74 Å². The Balaban J connectivity index is 1.99. The van der Waals surface area contributed by atoms with Crippen LogP contribution in [0.15, 0.2) is 48.5 Å². The predicted octanol–water partition coefficient (Wildman–Crippen LogP) is 2.23. The molecule has 2 rings (SSSR count). The van der Waals surface area contributed by atoms with Gasteiger partial charge in [-0.3, -0.25) is 9.59 Å². The average Bonchev–Trinajstić information content (AvgIpc) is 2.72. The maximum absolute atomic E-state index is 14.1. The molecule has 2 amide bonds. The van der Waals surface area contributed by atoms with Crippen molar-refractivity contribution in [3.8, 4) is 0 Å². The summed E-state index contributed by atoms with van der Waals surface area (Å²) in [4.78, 5) is 35.6. The summed E-state index contributed by atoms with van der Waals surface area (Å²) < 4.78 is 24.0. The van der Waals surface area contributed by atoms with Crippen LogP contribution in [0.2, 0.25) is 0 Å². The maximum Gasteiger partial charge on any atom is 0.337 e. The van der Waals surface area contributed by atoms with Crippen LogP contribution >= 0.6 is 0 Å². The fraction of sp³-hybridized carbons (Fsp3) is 0.250. The molecule has 0 bridgehead atoms. The summed E-state index contributed by atoms with van der Waals surface area (Å²) in [6.45, 7) is 1.49. The van der Waals surface area contributed by atoms with Crippen LogP contribution in [-0.2, 0) is 24.7 Å². The third-order valence-electron chi connectivity index (χ3n) is 4.25. The Morgan fingerprint density at radius 2 is 1.64 bits per heavy atom. The standard InChI is InChI=1S/C20H21FN2O5/c1-20(28-3,15-6-4-5-7-16(15)21)12-22-17(24)18(25)23-14-10-8-13(9-11-14)19(26)27-2/h4-11H,12H2,1-3H3,(H,22,24)(H,23,25)/t20-/m0/s1. The van der Waals surface area contributed by atoms with Gasteiger partial charge in [0.15, 0.2) is 0 Å². The number of nitrogens with one attached hydrogen (secondary N) is 2. The lowest BCUT2D eigenvalue weighted by Crippen LogP contribution is -2.44. The van der Waals surface area contributed by atoms with Crippen LogP contribution in [0.5, 0.6) is 0 Å². The van der Waals surface area contributed by atoms with Gasteiger partial charge in [0.1, 0.15) is 11.4 Å². The molecular formula is C20H21FN2O5. The van der Waals surface area contributed by atoms with Gasteiger partial charge in [-0.1, -0.05) is 18.2 Å². The number of amides is 2. The Kier molecular flexibility index (Phi) is 6.84. The van der Waals surface area contributed by atoms with Gasteiger partial charge in [-0.25, -0.2) is 9.18 Å². The van der Waals surface area contributed by atoms with Crippen LogP contribution in [-0.4, -0.2) is 38.5 Å². The zero-order valence-corrected chi connectivity index (χ0v) is 15.7. The lowest BCUT2D eigenvalue weighted by atomic mass is 9.95. The molecule has 7 nitrogen and oxygen atoms in total. The lowest BCUT2D eigenvalue weighted by Gasteiger charge is -2.29. The minimum atomic E-state index is -1.15. The topological polar surface area (TPSA) is 93.7 Å². The Morgan fingerprint density at radius 3 is 2.21 bits per heavy atom. The Hall–Kier alpha value is -3.26. The molecule has 0 aromatic heterocycles. The number of halogens is 1. The first-order chi connectivity index (χ1) is 13.3. The number of carbonyl (C=O) groups is 3. The van der Waals surface area contributed by atoms with Gasteiger partial charge in [-0.15, -0.1) is 0 Å². The van der Waals surface area contributed by atoms with E-state index >= 15 is 0 Å². The molecule has 0 saturated heterocycles. The quantitative estimate of drug-likeness (QED) is 0.585. The molecule has 2 aromatic carbocycles. The molecule has 8 heteroatoms. The summed E-state index contributed by atoms with van der Waals surface area (Å²) in [6.07, 6.45) is 0. The first kappa shape index (κ1) is 21.0. The normalized spacial score (nSPS) is 12.6. The van der Waals surface area contributed by atoms with Crippen LogP contribution < -0.4 is 10.6 Å². The molecule has 0 spiro atoms. The number of hydrogen-bond acceptors (Lipinski definition) is 5. The van der Waals surface area contributed by atoms with Gasteiger partial charge in [0.05, 0.1) is 19.2 Å². The van der Waals surface area contributed by atoms with Crippen molar-refractivity contribution in [2.45, 2.75) is 12.5 Å². The molecule has 0 unspecified atom stereocenters. The highest BCUT2D eigenvalue weighted by Gasteiger charge is 2.30. The highest BCUT2D eigenvalue weighted by molar-refractivity contribution is 6.39. The molecule has 1 atom stereocenters. The number of hydrogen-bond donors (Lipinski definition) is 2. The monoisotopic (exact) mass is 388 g/mol. The van der Waals surface area contributed by atoms with Gasteiger partial charge in [-0.2, -0.15) is 0 Å². The van der Waals surface area contributed by atoms with E-state index in [-0.39, 0.29) is 12.1 Å². The smallest absolute Gasteiger partial charge is 0.337 e. The minimum absolute atomic E-state index is 0.113. The van der Waals surface area contributed by atoms with E-state index in [1.807, 2.05) is 0 Å². The second-order valence-electron chi connectivity index (χ2n) is 6.12. The minimum Gasteiger partial charge on any atom is -0.465 e. The fourth-order valence-electron chi connectivity index (χ4n) is 2.49. The fourth-order valence-corrected chi connectivity index (χ4v) is 2.49. The molecule has 0 saturated carbocycles. The largest absolute Gasteiger partial charge is 0.465 e. The van der Waals surface area contributed by atoms with Crippen molar-refractivity contribution in [2.75, 3.05) is 26.1 Å². The SMILES string of the molecule is COC(=O)c1ccc(NC(=O)C(=O)NC[C@](C)(OC)c2ccccc2F)cc1. The summed E-state index contributed by atoms with van der Waals surface area (Å²) in [6, 6.07) is 11.9. The number of ether oxygens (including phenoxy) is 2. The lowest BCUT2D eigenvalue weighted by molar-refractivity contribution is -0.137. The van der Waals surface area contributed by atoms with Crippen molar-refractivity contribution in [2.24, 2.45) is 0 Å². The first-order valence-corrected chi connectivity index (χ1v) is 8.38. The number of carbonyl (C=O) groups excluding carboxylic acids is 3. The van der Waals surface area contributed by atoms with Gasteiger partial charge in [0.2, 0.25) is 0 Å². The van der Waals surface area contributed by atoms with Crippen molar-refractivity contribution in [1.29, 1.82) is 0 Å². The van der Waals surface area contributed by atoms with Crippen LogP contribution in [0.3, 0.4) is 0 Å². The molecule has 0 radical (unpaired) electrons. The van der Waals surface area contributed by atoms with Crippen molar-refractivity contribution in [3.63, 3.8) is 0 Å². The van der Waals surface area contributed by atoms with Crippen molar-refractivity contribution >= 4 is 23.5 Å². The number of esters is 1. The van der Waals surface area contributed by atoms with Gasteiger partial charge in [-0.05, 0) is 37.3 Å². The van der Waals surface area contributed by atoms with E-state index in [0.29, 0.717) is 11.3 Å². The molecular weight excluding hydrogens is 367 g/mol. The van der Waals surface area contributed by atoms with E-state index in [1.54, 1.807) is 25.1 Å². The Bertz CT molecular complexity index is 869. The summed E-state index contributed by atoms with van der Waals surface area (Å²) in [5, 5.41) is 4.86. The van der Waals surface area contributed by atoms with E-state index in [1.165, 1.54) is 44.6 Å². The highest BCUT2D eigenvalue weighted by Crippen LogP contribution is 2.26. The van der Waals surface area contributed by atoms with Gasteiger partial charge < -0.3 is 20.1 Å². The third-order valence-corrected chi connectivity index (χ3v) is 4.25. The number of benzene rings is 2. The molecule has 0 heterocycles. The second-order valence-corrected chi connectivity index (χ2v) is 6.12. The number of rotatable bonds is 6. The molecule has 28 heavy (non-hydrogen) atoms. The maximum atomic E-state index is 14.1. The van der Waals surface area contributed by atoms with Gasteiger partial charge >= 0.3 is 17.8 Å².